The summed E-state index contributed by atoms with van der Waals surface area (Å²) in [6.07, 6.45) is 6.76. The highest BCUT2D eigenvalue weighted by Crippen LogP contribution is 2.45. The number of carbonyl (C=O) groups is 2. The summed E-state index contributed by atoms with van der Waals surface area (Å²) in [5, 5.41) is 0. The lowest BCUT2D eigenvalue weighted by atomic mass is 9.67. The second kappa shape index (κ2) is 5.23. The quantitative estimate of drug-likeness (QED) is 0.795. The number of piperidine rings is 1. The summed E-state index contributed by atoms with van der Waals surface area (Å²) in [5.74, 6) is 0.0272. The third kappa shape index (κ3) is 3.16. The second-order valence-electron chi connectivity index (χ2n) is 7.16. The lowest BCUT2D eigenvalue weighted by Gasteiger charge is -2.43. The Morgan fingerprint density at radius 1 is 1.11 bits per heavy atom. The van der Waals surface area contributed by atoms with Gasteiger partial charge in [0.05, 0.1) is 0 Å². The molecule has 4 heteroatoms. The Bertz CT molecular complexity index is 350. The molecule has 1 spiro atoms. The number of hydrogen-bond acceptors (Lipinski definition) is 3. The van der Waals surface area contributed by atoms with Gasteiger partial charge in [0, 0.05) is 19.4 Å². The average molecular weight is 266 g/mol. The maximum Gasteiger partial charge on any atom is 0.229 e. The Morgan fingerprint density at radius 3 is 2.11 bits per heavy atom. The van der Waals surface area contributed by atoms with Gasteiger partial charge in [0.1, 0.15) is 0 Å². The number of imide groups is 1. The Balaban J connectivity index is 2.07. The fourth-order valence-corrected chi connectivity index (χ4v) is 3.36. The van der Waals surface area contributed by atoms with E-state index < -0.39 is 0 Å². The minimum atomic E-state index is -0.192. The van der Waals surface area contributed by atoms with E-state index in [1.54, 1.807) is 0 Å². The van der Waals surface area contributed by atoms with Crippen molar-refractivity contribution >= 4 is 11.8 Å². The van der Waals surface area contributed by atoms with E-state index in [1.165, 1.54) is 11.3 Å². The number of likely N-dealkylation sites (tertiary alicyclic amines) is 1. The number of nitrogens with two attached hydrogens (primary N) is 1. The van der Waals surface area contributed by atoms with Crippen LogP contribution in [0.25, 0.3) is 0 Å². The molecule has 2 amide bonds. The molecule has 0 radical (unpaired) electrons. The Labute approximate surface area is 115 Å². The summed E-state index contributed by atoms with van der Waals surface area (Å²) < 4.78 is 0. The molecular weight excluding hydrogens is 240 g/mol. The standard InChI is InChI=1S/C15H26N2O2/c1-14(2,10-16)11-17-12(18)8-15(9-13(17)19)6-4-3-5-7-15/h3-11,16H2,1-2H3. The molecule has 19 heavy (non-hydrogen) atoms. The van der Waals surface area contributed by atoms with Gasteiger partial charge in [0.15, 0.2) is 0 Å². The fourth-order valence-electron chi connectivity index (χ4n) is 3.36. The van der Waals surface area contributed by atoms with Crippen LogP contribution in [0.15, 0.2) is 0 Å². The van der Waals surface area contributed by atoms with Crippen molar-refractivity contribution in [3.8, 4) is 0 Å². The fraction of sp³-hybridized carbons (Fsp3) is 0.867. The van der Waals surface area contributed by atoms with Gasteiger partial charge in [-0.25, -0.2) is 0 Å². The first-order chi connectivity index (χ1) is 8.87. The topological polar surface area (TPSA) is 63.4 Å². The maximum absolute atomic E-state index is 12.3. The van der Waals surface area contributed by atoms with Crippen LogP contribution in [0.4, 0.5) is 0 Å². The maximum atomic E-state index is 12.3. The van der Waals surface area contributed by atoms with E-state index in [-0.39, 0.29) is 22.6 Å². The predicted molar refractivity (Wildman–Crippen MR) is 74.3 cm³/mol. The summed E-state index contributed by atoms with van der Waals surface area (Å²) in [6, 6.07) is 0. The second-order valence-corrected chi connectivity index (χ2v) is 7.16. The van der Waals surface area contributed by atoms with Gasteiger partial charge in [-0.05, 0) is 30.2 Å². The van der Waals surface area contributed by atoms with Gasteiger partial charge in [0.2, 0.25) is 11.8 Å². The zero-order chi connectivity index (χ0) is 14.1. The van der Waals surface area contributed by atoms with Gasteiger partial charge < -0.3 is 5.73 Å². The molecule has 1 saturated carbocycles. The van der Waals surface area contributed by atoms with Crippen LogP contribution in [0.5, 0.6) is 0 Å². The summed E-state index contributed by atoms with van der Waals surface area (Å²) in [6.45, 7) is 4.93. The molecule has 0 atom stereocenters. The number of amides is 2. The zero-order valence-electron chi connectivity index (χ0n) is 12.2. The van der Waals surface area contributed by atoms with Crippen molar-refractivity contribution in [1.82, 2.24) is 4.90 Å². The summed E-state index contributed by atoms with van der Waals surface area (Å²) in [4.78, 5) is 26.1. The number of rotatable bonds is 3. The molecule has 2 N–H and O–H groups in total. The molecule has 1 aliphatic heterocycles. The first-order valence-electron chi connectivity index (χ1n) is 7.41. The SMILES string of the molecule is CC(C)(CN)CN1C(=O)CC2(CCCCC2)CC1=O. The van der Waals surface area contributed by atoms with E-state index in [4.69, 9.17) is 5.73 Å². The van der Waals surface area contributed by atoms with E-state index in [0.717, 1.165) is 25.7 Å². The third-order valence-corrected chi connectivity index (χ3v) is 4.71. The lowest BCUT2D eigenvalue weighted by molar-refractivity contribution is -0.156. The first-order valence-corrected chi connectivity index (χ1v) is 7.41. The predicted octanol–water partition coefficient (Wildman–Crippen LogP) is 2.07. The lowest BCUT2D eigenvalue weighted by Crippen LogP contribution is -2.52. The molecule has 2 fully saturated rings. The molecular formula is C15H26N2O2. The van der Waals surface area contributed by atoms with Gasteiger partial charge in [-0.2, -0.15) is 0 Å². The highest BCUT2D eigenvalue weighted by molar-refractivity contribution is 5.98. The molecule has 2 rings (SSSR count). The Hall–Kier alpha value is -0.900. The van der Waals surface area contributed by atoms with Crippen molar-refractivity contribution in [2.75, 3.05) is 13.1 Å². The van der Waals surface area contributed by atoms with Gasteiger partial charge in [-0.15, -0.1) is 0 Å². The van der Waals surface area contributed by atoms with Crippen LogP contribution in [0.3, 0.4) is 0 Å². The van der Waals surface area contributed by atoms with E-state index in [9.17, 15) is 9.59 Å². The third-order valence-electron chi connectivity index (χ3n) is 4.71. The van der Waals surface area contributed by atoms with Crippen LogP contribution >= 0.6 is 0 Å². The molecule has 0 aromatic heterocycles. The van der Waals surface area contributed by atoms with Crippen molar-refractivity contribution in [3.05, 3.63) is 0 Å². The molecule has 1 heterocycles. The number of nitrogens with zero attached hydrogens (tertiary/aromatic N) is 1. The molecule has 1 saturated heterocycles. The van der Waals surface area contributed by atoms with Crippen molar-refractivity contribution in [3.63, 3.8) is 0 Å². The molecule has 0 aromatic rings. The van der Waals surface area contributed by atoms with Crippen molar-refractivity contribution < 1.29 is 9.59 Å². The molecule has 1 aliphatic carbocycles. The summed E-state index contributed by atoms with van der Waals surface area (Å²) >= 11 is 0. The van der Waals surface area contributed by atoms with Gasteiger partial charge in [-0.3, -0.25) is 14.5 Å². The first kappa shape index (κ1) is 14.5. The zero-order valence-corrected chi connectivity index (χ0v) is 12.2. The van der Waals surface area contributed by atoms with Gasteiger partial charge in [0.25, 0.3) is 0 Å². The van der Waals surface area contributed by atoms with E-state index in [2.05, 4.69) is 0 Å². The van der Waals surface area contributed by atoms with Crippen LogP contribution < -0.4 is 5.73 Å². The summed E-state index contributed by atoms with van der Waals surface area (Å²) in [5.41, 5.74) is 5.49. The monoisotopic (exact) mass is 266 g/mol. The van der Waals surface area contributed by atoms with E-state index in [0.29, 0.717) is 25.9 Å². The Morgan fingerprint density at radius 2 is 1.63 bits per heavy atom. The smallest absolute Gasteiger partial charge is 0.229 e. The van der Waals surface area contributed by atoms with E-state index >= 15 is 0 Å². The highest BCUT2D eigenvalue weighted by atomic mass is 16.2. The molecule has 4 nitrogen and oxygen atoms in total. The molecule has 0 unspecified atom stereocenters. The van der Waals surface area contributed by atoms with Crippen molar-refractivity contribution in [2.24, 2.45) is 16.6 Å². The molecule has 108 valence electrons. The van der Waals surface area contributed by atoms with Gasteiger partial charge in [-0.1, -0.05) is 33.1 Å². The van der Waals surface area contributed by atoms with Gasteiger partial charge >= 0.3 is 0 Å². The van der Waals surface area contributed by atoms with Crippen LogP contribution in [-0.2, 0) is 9.59 Å². The van der Waals surface area contributed by atoms with Crippen LogP contribution in [0.2, 0.25) is 0 Å². The van der Waals surface area contributed by atoms with Crippen molar-refractivity contribution in [1.29, 1.82) is 0 Å². The number of hydrogen-bond donors (Lipinski definition) is 1. The summed E-state index contributed by atoms with van der Waals surface area (Å²) in [7, 11) is 0. The van der Waals surface area contributed by atoms with E-state index in [1.807, 2.05) is 13.8 Å². The molecule has 2 aliphatic rings. The molecule has 0 aromatic carbocycles. The Kier molecular flexibility index (Phi) is 4.00. The molecule has 0 bridgehead atoms. The van der Waals surface area contributed by atoms with Crippen LogP contribution in [-0.4, -0.2) is 29.8 Å². The highest BCUT2D eigenvalue weighted by Gasteiger charge is 2.44. The normalized spacial score (nSPS) is 24.1. The minimum Gasteiger partial charge on any atom is -0.330 e. The van der Waals surface area contributed by atoms with Crippen molar-refractivity contribution in [2.45, 2.75) is 58.8 Å². The number of carbonyl (C=O) groups excluding carboxylic acids is 2. The minimum absolute atomic E-state index is 0.0136. The van der Waals surface area contributed by atoms with Crippen LogP contribution in [0, 0.1) is 10.8 Å². The van der Waals surface area contributed by atoms with Crippen LogP contribution in [0.1, 0.15) is 58.8 Å². The average Bonchev–Trinajstić information content (AvgIpc) is 2.35. The largest absolute Gasteiger partial charge is 0.330 e.